The number of aliphatic hydroxyl groups is 1. The predicted molar refractivity (Wildman–Crippen MR) is 68.0 cm³/mol. The van der Waals surface area contributed by atoms with Gasteiger partial charge in [-0.1, -0.05) is 0 Å². The summed E-state index contributed by atoms with van der Waals surface area (Å²) in [5.41, 5.74) is 4.17. The first kappa shape index (κ1) is 14.8. The third kappa shape index (κ3) is 3.59. The van der Waals surface area contributed by atoms with Crippen molar-refractivity contribution < 1.29 is 24.5 Å². The van der Waals surface area contributed by atoms with Crippen LogP contribution in [0.5, 0.6) is 5.75 Å². The minimum Gasteiger partial charge on any atom is -0.496 e. The van der Waals surface area contributed by atoms with Crippen molar-refractivity contribution in [3.8, 4) is 5.75 Å². The average Bonchev–Trinajstić information content (AvgIpc) is 2.35. The lowest BCUT2D eigenvalue weighted by Gasteiger charge is -2.18. The molecule has 0 fully saturated rings. The standard InChI is InChI=1S/C12H16N2O5/c1-12(18,11(16)17)6-14-10(15)8-4-3-7(13)5-9(8)19-2/h3-5,18H,6,13H2,1-2H3,(H,14,15)(H,16,17). The van der Waals surface area contributed by atoms with Gasteiger partial charge in [0.15, 0.2) is 5.60 Å². The third-order valence-corrected chi connectivity index (χ3v) is 2.52. The molecule has 1 unspecified atom stereocenters. The topological polar surface area (TPSA) is 122 Å². The van der Waals surface area contributed by atoms with Gasteiger partial charge >= 0.3 is 5.97 Å². The molecule has 0 bridgehead atoms. The van der Waals surface area contributed by atoms with Gasteiger partial charge in [-0.3, -0.25) is 4.79 Å². The van der Waals surface area contributed by atoms with Gasteiger partial charge < -0.3 is 26.0 Å². The van der Waals surface area contributed by atoms with Crippen LogP contribution in [0, 0.1) is 0 Å². The third-order valence-electron chi connectivity index (χ3n) is 2.52. The highest BCUT2D eigenvalue weighted by molar-refractivity contribution is 5.97. The number of benzene rings is 1. The van der Waals surface area contributed by atoms with Crippen molar-refractivity contribution in [1.82, 2.24) is 5.32 Å². The van der Waals surface area contributed by atoms with E-state index in [2.05, 4.69) is 5.32 Å². The van der Waals surface area contributed by atoms with E-state index in [-0.39, 0.29) is 11.3 Å². The number of nitrogen functional groups attached to an aromatic ring is 1. The highest BCUT2D eigenvalue weighted by Crippen LogP contribution is 2.21. The Morgan fingerprint density at radius 2 is 2.11 bits per heavy atom. The van der Waals surface area contributed by atoms with E-state index in [1.807, 2.05) is 0 Å². The minimum atomic E-state index is -2.03. The SMILES string of the molecule is COc1cc(N)ccc1C(=O)NCC(C)(O)C(=O)O. The number of carbonyl (C=O) groups excluding carboxylic acids is 1. The van der Waals surface area contributed by atoms with Crippen LogP contribution in [0.25, 0.3) is 0 Å². The molecule has 0 saturated carbocycles. The number of aliphatic carboxylic acids is 1. The van der Waals surface area contributed by atoms with Crippen molar-refractivity contribution in [1.29, 1.82) is 0 Å². The second-order valence-electron chi connectivity index (χ2n) is 4.22. The summed E-state index contributed by atoms with van der Waals surface area (Å²) in [4.78, 5) is 22.6. The number of rotatable bonds is 5. The summed E-state index contributed by atoms with van der Waals surface area (Å²) in [6.07, 6.45) is 0. The summed E-state index contributed by atoms with van der Waals surface area (Å²) < 4.78 is 5.01. The normalized spacial score (nSPS) is 13.4. The average molecular weight is 268 g/mol. The molecular formula is C12H16N2O5. The molecule has 0 aliphatic heterocycles. The second kappa shape index (κ2) is 5.57. The fourth-order valence-electron chi connectivity index (χ4n) is 1.32. The number of carboxylic acid groups (broad SMARTS) is 1. The van der Waals surface area contributed by atoms with E-state index < -0.39 is 24.0 Å². The summed E-state index contributed by atoms with van der Waals surface area (Å²) in [5, 5.41) is 20.5. The van der Waals surface area contributed by atoms with Crippen LogP contribution in [0.1, 0.15) is 17.3 Å². The number of hydrogen-bond donors (Lipinski definition) is 4. The second-order valence-corrected chi connectivity index (χ2v) is 4.22. The number of methoxy groups -OCH3 is 1. The van der Waals surface area contributed by atoms with Crippen LogP contribution in [-0.4, -0.2) is 41.3 Å². The molecule has 0 saturated heterocycles. The molecule has 1 aromatic rings. The Labute approximate surface area is 110 Å². The number of nitrogens with two attached hydrogens (primary N) is 1. The number of amides is 1. The Kier molecular flexibility index (Phi) is 4.34. The Bertz CT molecular complexity index is 499. The molecular weight excluding hydrogens is 252 g/mol. The largest absolute Gasteiger partial charge is 0.496 e. The number of anilines is 1. The van der Waals surface area contributed by atoms with Crippen LogP contribution < -0.4 is 15.8 Å². The predicted octanol–water partition coefficient (Wildman–Crippen LogP) is -0.157. The Morgan fingerprint density at radius 3 is 2.63 bits per heavy atom. The van der Waals surface area contributed by atoms with Crippen LogP contribution >= 0.6 is 0 Å². The van der Waals surface area contributed by atoms with Crippen molar-refractivity contribution in [2.24, 2.45) is 0 Å². The Hall–Kier alpha value is -2.28. The first-order chi connectivity index (χ1) is 8.77. The smallest absolute Gasteiger partial charge is 0.337 e. The number of nitrogens with one attached hydrogen (secondary N) is 1. The maximum absolute atomic E-state index is 11.9. The molecule has 1 rings (SSSR count). The zero-order chi connectivity index (χ0) is 14.6. The van der Waals surface area contributed by atoms with Crippen molar-refractivity contribution in [2.75, 3.05) is 19.4 Å². The molecule has 5 N–H and O–H groups in total. The fraction of sp³-hybridized carbons (Fsp3) is 0.333. The molecule has 0 spiro atoms. The van der Waals surface area contributed by atoms with Gasteiger partial charge in [-0.05, 0) is 19.1 Å². The summed E-state index contributed by atoms with van der Waals surface area (Å²) in [5.74, 6) is -1.71. The van der Waals surface area contributed by atoms with Gasteiger partial charge in [0, 0.05) is 11.8 Å². The summed E-state index contributed by atoms with van der Waals surface area (Å²) in [6.45, 7) is 0.671. The number of carbonyl (C=O) groups is 2. The number of ether oxygens (including phenoxy) is 1. The highest BCUT2D eigenvalue weighted by Gasteiger charge is 2.30. The zero-order valence-corrected chi connectivity index (χ0v) is 10.6. The molecule has 19 heavy (non-hydrogen) atoms. The van der Waals surface area contributed by atoms with Crippen molar-refractivity contribution in [3.05, 3.63) is 23.8 Å². The maximum Gasteiger partial charge on any atom is 0.337 e. The van der Waals surface area contributed by atoms with E-state index in [9.17, 15) is 14.7 Å². The molecule has 0 aliphatic carbocycles. The molecule has 0 radical (unpaired) electrons. The van der Waals surface area contributed by atoms with Crippen LogP contribution in [-0.2, 0) is 4.79 Å². The van der Waals surface area contributed by atoms with Gasteiger partial charge in [0.2, 0.25) is 0 Å². The summed E-state index contributed by atoms with van der Waals surface area (Å²) >= 11 is 0. The Balaban J connectivity index is 2.82. The molecule has 1 aromatic carbocycles. The van der Waals surface area contributed by atoms with Crippen molar-refractivity contribution in [2.45, 2.75) is 12.5 Å². The molecule has 104 valence electrons. The lowest BCUT2D eigenvalue weighted by molar-refractivity contribution is -0.155. The molecule has 0 aliphatic rings. The maximum atomic E-state index is 11.9. The van der Waals surface area contributed by atoms with Crippen LogP contribution in [0.4, 0.5) is 5.69 Å². The van der Waals surface area contributed by atoms with Crippen LogP contribution in [0.15, 0.2) is 18.2 Å². The summed E-state index contributed by atoms with van der Waals surface area (Å²) in [7, 11) is 1.39. The fourth-order valence-corrected chi connectivity index (χ4v) is 1.32. The van der Waals surface area contributed by atoms with E-state index in [0.717, 1.165) is 6.92 Å². The van der Waals surface area contributed by atoms with E-state index in [4.69, 9.17) is 15.6 Å². The molecule has 1 atom stereocenters. The molecule has 0 heterocycles. The van der Waals surface area contributed by atoms with Gasteiger partial charge in [-0.2, -0.15) is 0 Å². The van der Waals surface area contributed by atoms with Gasteiger partial charge in [0.1, 0.15) is 5.75 Å². The van der Waals surface area contributed by atoms with Crippen LogP contribution in [0.3, 0.4) is 0 Å². The lowest BCUT2D eigenvalue weighted by atomic mass is 10.1. The zero-order valence-electron chi connectivity index (χ0n) is 10.6. The Morgan fingerprint density at radius 1 is 1.47 bits per heavy atom. The monoisotopic (exact) mass is 268 g/mol. The van der Waals surface area contributed by atoms with Crippen molar-refractivity contribution >= 4 is 17.6 Å². The summed E-state index contributed by atoms with van der Waals surface area (Å²) in [6, 6.07) is 4.45. The number of hydrogen-bond acceptors (Lipinski definition) is 5. The van der Waals surface area contributed by atoms with Crippen molar-refractivity contribution in [3.63, 3.8) is 0 Å². The van der Waals surface area contributed by atoms with Crippen LogP contribution in [0.2, 0.25) is 0 Å². The minimum absolute atomic E-state index is 0.206. The first-order valence-electron chi connectivity index (χ1n) is 5.45. The molecule has 7 nitrogen and oxygen atoms in total. The van der Waals surface area contributed by atoms with Gasteiger partial charge in [0.25, 0.3) is 5.91 Å². The molecule has 7 heteroatoms. The first-order valence-corrected chi connectivity index (χ1v) is 5.45. The molecule has 0 aromatic heterocycles. The lowest BCUT2D eigenvalue weighted by Crippen LogP contribution is -2.46. The highest BCUT2D eigenvalue weighted by atomic mass is 16.5. The van der Waals surface area contributed by atoms with E-state index in [1.54, 1.807) is 0 Å². The van der Waals surface area contributed by atoms with E-state index in [0.29, 0.717) is 5.69 Å². The van der Waals surface area contributed by atoms with E-state index in [1.165, 1.54) is 25.3 Å². The quantitative estimate of drug-likeness (QED) is 0.551. The van der Waals surface area contributed by atoms with Gasteiger partial charge in [0.05, 0.1) is 19.2 Å². The number of carboxylic acids is 1. The van der Waals surface area contributed by atoms with E-state index >= 15 is 0 Å². The van der Waals surface area contributed by atoms with Gasteiger partial charge in [-0.15, -0.1) is 0 Å². The molecule has 1 amide bonds. The van der Waals surface area contributed by atoms with Gasteiger partial charge in [-0.25, -0.2) is 4.79 Å².